The van der Waals surface area contributed by atoms with Crippen molar-refractivity contribution in [3.05, 3.63) is 33.6 Å². The smallest absolute Gasteiger partial charge is 0.129 e. The summed E-state index contributed by atoms with van der Waals surface area (Å²) >= 11 is 12.5. The third kappa shape index (κ3) is 3.41. The highest BCUT2D eigenvalue weighted by Gasteiger charge is 2.34. The lowest BCUT2D eigenvalue weighted by Crippen LogP contribution is -2.47. The average Bonchev–Trinajstić information content (AvgIpc) is 2.57. The normalized spacial score (nSPS) is 22.7. The van der Waals surface area contributed by atoms with Gasteiger partial charge >= 0.3 is 0 Å². The minimum atomic E-state index is -0.260. The number of ether oxygens (including phenoxy) is 1. The minimum absolute atomic E-state index is 0.0304. The van der Waals surface area contributed by atoms with E-state index < -0.39 is 0 Å². The molecule has 1 aromatic carbocycles. The molecule has 2 aliphatic heterocycles. The molecule has 2 heterocycles. The van der Waals surface area contributed by atoms with Crippen molar-refractivity contribution in [2.45, 2.75) is 18.9 Å². The Labute approximate surface area is 140 Å². The number of hydrogen-bond acceptors (Lipinski definition) is 3. The first-order chi connectivity index (χ1) is 10.7. The van der Waals surface area contributed by atoms with Crippen molar-refractivity contribution < 1.29 is 9.13 Å². The molecule has 6 heteroatoms. The average molecular weight is 347 g/mol. The molecule has 0 amide bonds. The molecule has 1 aromatic rings. The molecule has 0 bridgehead atoms. The van der Waals surface area contributed by atoms with Crippen LogP contribution in [0.4, 0.5) is 4.39 Å². The second kappa shape index (κ2) is 7.45. The van der Waals surface area contributed by atoms with Gasteiger partial charge in [-0.15, -0.1) is 0 Å². The molecular weight excluding hydrogens is 326 g/mol. The van der Waals surface area contributed by atoms with Gasteiger partial charge in [0.1, 0.15) is 5.82 Å². The molecule has 0 unspecified atom stereocenters. The number of halogens is 3. The summed E-state index contributed by atoms with van der Waals surface area (Å²) in [5.74, 6) is 0.0849. The molecule has 122 valence electrons. The summed E-state index contributed by atoms with van der Waals surface area (Å²) in [5.41, 5.74) is 0.558. The van der Waals surface area contributed by atoms with Gasteiger partial charge in [-0.05, 0) is 30.9 Å². The number of nitrogens with one attached hydrogen (secondary N) is 1. The van der Waals surface area contributed by atoms with Gasteiger partial charge < -0.3 is 10.1 Å². The molecule has 3 rings (SSSR count). The molecule has 3 nitrogen and oxygen atoms in total. The maximum Gasteiger partial charge on any atom is 0.129 e. The van der Waals surface area contributed by atoms with E-state index in [1.165, 1.54) is 12.1 Å². The Hall–Kier alpha value is -0.390. The topological polar surface area (TPSA) is 24.5 Å². The molecule has 0 aromatic heterocycles. The van der Waals surface area contributed by atoms with E-state index in [4.69, 9.17) is 27.9 Å². The fourth-order valence-corrected chi connectivity index (χ4v) is 3.95. The lowest BCUT2D eigenvalue weighted by atomic mass is 9.85. The van der Waals surface area contributed by atoms with Crippen molar-refractivity contribution in [1.29, 1.82) is 0 Å². The highest BCUT2D eigenvalue weighted by Crippen LogP contribution is 2.41. The fourth-order valence-electron chi connectivity index (χ4n) is 3.52. The van der Waals surface area contributed by atoms with Crippen LogP contribution in [0.3, 0.4) is 0 Å². The van der Waals surface area contributed by atoms with Crippen LogP contribution in [0.2, 0.25) is 10.0 Å². The van der Waals surface area contributed by atoms with Gasteiger partial charge in [-0.2, -0.15) is 0 Å². The number of piperazine rings is 1. The van der Waals surface area contributed by atoms with Gasteiger partial charge in [-0.3, -0.25) is 4.90 Å². The van der Waals surface area contributed by atoms with Crippen LogP contribution >= 0.6 is 23.2 Å². The summed E-state index contributed by atoms with van der Waals surface area (Å²) in [6, 6.07) is 2.93. The van der Waals surface area contributed by atoms with Gasteiger partial charge in [0, 0.05) is 51.0 Å². The first kappa shape index (κ1) is 16.5. The molecule has 0 radical (unpaired) electrons. The van der Waals surface area contributed by atoms with Gasteiger partial charge in [0.15, 0.2) is 0 Å². The molecule has 0 saturated carbocycles. The van der Waals surface area contributed by atoms with Gasteiger partial charge in [0.25, 0.3) is 0 Å². The third-order valence-corrected chi connectivity index (χ3v) is 5.45. The Morgan fingerprint density at radius 3 is 2.55 bits per heavy atom. The van der Waals surface area contributed by atoms with Gasteiger partial charge in [0.05, 0.1) is 10.0 Å². The second-order valence-electron chi connectivity index (χ2n) is 5.94. The SMILES string of the molecule is Fc1ccc(Cl)c(Cl)c1[C@@H](C1CCOCC1)N1CCNCC1. The molecular formula is C16H21Cl2FN2O. The summed E-state index contributed by atoms with van der Waals surface area (Å²) < 4.78 is 20.0. The van der Waals surface area contributed by atoms with E-state index >= 15 is 0 Å². The summed E-state index contributed by atoms with van der Waals surface area (Å²) in [5, 5.41) is 4.13. The fraction of sp³-hybridized carbons (Fsp3) is 0.625. The van der Waals surface area contributed by atoms with Crippen LogP contribution in [-0.4, -0.2) is 44.3 Å². The largest absolute Gasteiger partial charge is 0.381 e. The van der Waals surface area contributed by atoms with Crippen molar-refractivity contribution in [2.75, 3.05) is 39.4 Å². The summed E-state index contributed by atoms with van der Waals surface area (Å²) in [6.45, 7) is 5.08. The molecule has 1 atom stereocenters. The predicted molar refractivity (Wildman–Crippen MR) is 87.1 cm³/mol. The molecule has 2 saturated heterocycles. The Morgan fingerprint density at radius 1 is 1.18 bits per heavy atom. The number of benzene rings is 1. The Balaban J connectivity index is 1.98. The van der Waals surface area contributed by atoms with Crippen molar-refractivity contribution in [1.82, 2.24) is 10.2 Å². The lowest BCUT2D eigenvalue weighted by molar-refractivity contribution is 0.0203. The van der Waals surface area contributed by atoms with E-state index in [2.05, 4.69) is 10.2 Å². The van der Waals surface area contributed by atoms with Gasteiger partial charge in [-0.1, -0.05) is 23.2 Å². The number of rotatable bonds is 3. The van der Waals surface area contributed by atoms with E-state index in [-0.39, 0.29) is 11.9 Å². The van der Waals surface area contributed by atoms with Crippen LogP contribution in [0.1, 0.15) is 24.4 Å². The van der Waals surface area contributed by atoms with Crippen LogP contribution < -0.4 is 5.32 Å². The second-order valence-corrected chi connectivity index (χ2v) is 6.72. The maximum absolute atomic E-state index is 14.6. The number of nitrogens with zero attached hydrogens (tertiary/aromatic N) is 1. The van der Waals surface area contributed by atoms with E-state index in [9.17, 15) is 4.39 Å². The molecule has 0 spiro atoms. The van der Waals surface area contributed by atoms with Crippen LogP contribution in [0.5, 0.6) is 0 Å². The summed E-state index contributed by atoms with van der Waals surface area (Å²) in [6.07, 6.45) is 1.85. The molecule has 2 fully saturated rings. The first-order valence-corrected chi connectivity index (χ1v) is 8.60. The predicted octanol–water partition coefficient (Wildman–Crippen LogP) is 3.51. The zero-order chi connectivity index (χ0) is 15.5. The van der Waals surface area contributed by atoms with E-state index in [0.717, 1.165) is 52.2 Å². The van der Waals surface area contributed by atoms with E-state index in [1.807, 2.05) is 0 Å². The van der Waals surface area contributed by atoms with Gasteiger partial charge in [-0.25, -0.2) is 4.39 Å². The first-order valence-electron chi connectivity index (χ1n) is 7.84. The molecule has 22 heavy (non-hydrogen) atoms. The molecule has 2 aliphatic rings. The van der Waals surface area contributed by atoms with Crippen LogP contribution in [0, 0.1) is 11.7 Å². The van der Waals surface area contributed by atoms with Crippen LogP contribution in [0.25, 0.3) is 0 Å². The van der Waals surface area contributed by atoms with Crippen molar-refractivity contribution in [3.63, 3.8) is 0 Å². The van der Waals surface area contributed by atoms with E-state index in [1.54, 1.807) is 0 Å². The highest BCUT2D eigenvalue weighted by atomic mass is 35.5. The Bertz CT molecular complexity index is 499. The van der Waals surface area contributed by atoms with Crippen molar-refractivity contribution in [3.8, 4) is 0 Å². The monoisotopic (exact) mass is 346 g/mol. The zero-order valence-electron chi connectivity index (χ0n) is 12.5. The standard InChI is InChI=1S/C16H21Cl2FN2O/c17-12-1-2-13(19)14(15(12)18)16(11-3-9-22-10-4-11)21-7-5-20-6-8-21/h1-2,11,16,20H,3-10H2/t16-/m1/s1. The highest BCUT2D eigenvalue weighted by molar-refractivity contribution is 6.42. The lowest BCUT2D eigenvalue weighted by Gasteiger charge is -2.41. The maximum atomic E-state index is 14.6. The van der Waals surface area contributed by atoms with Crippen LogP contribution in [-0.2, 0) is 4.74 Å². The molecule has 0 aliphatic carbocycles. The van der Waals surface area contributed by atoms with Gasteiger partial charge in [0.2, 0.25) is 0 Å². The zero-order valence-corrected chi connectivity index (χ0v) is 14.0. The van der Waals surface area contributed by atoms with Crippen molar-refractivity contribution >= 4 is 23.2 Å². The minimum Gasteiger partial charge on any atom is -0.381 e. The number of hydrogen-bond donors (Lipinski definition) is 1. The van der Waals surface area contributed by atoms with Crippen molar-refractivity contribution in [2.24, 2.45) is 5.92 Å². The van der Waals surface area contributed by atoms with E-state index in [0.29, 0.717) is 21.5 Å². The Morgan fingerprint density at radius 2 is 1.86 bits per heavy atom. The third-order valence-electron chi connectivity index (χ3n) is 4.63. The molecule has 1 N–H and O–H groups in total. The van der Waals surface area contributed by atoms with Crippen LogP contribution in [0.15, 0.2) is 12.1 Å². The quantitative estimate of drug-likeness (QED) is 0.847. The summed E-state index contributed by atoms with van der Waals surface area (Å²) in [4.78, 5) is 2.34. The Kier molecular flexibility index (Phi) is 5.58. The summed E-state index contributed by atoms with van der Waals surface area (Å²) in [7, 11) is 0.